The van der Waals surface area contributed by atoms with Gasteiger partial charge in [-0.3, -0.25) is 4.79 Å². The highest BCUT2D eigenvalue weighted by Crippen LogP contribution is 2.23. The van der Waals surface area contributed by atoms with Crippen molar-refractivity contribution < 1.29 is 10.0 Å². The second kappa shape index (κ2) is 6.26. The third-order valence-electron chi connectivity index (χ3n) is 3.81. The van der Waals surface area contributed by atoms with Crippen molar-refractivity contribution in [2.24, 2.45) is 16.8 Å². The van der Waals surface area contributed by atoms with Gasteiger partial charge in [-0.2, -0.15) is 0 Å². The van der Waals surface area contributed by atoms with Crippen LogP contribution >= 0.6 is 15.9 Å². The monoisotopic (exact) mass is 339 g/mol. The van der Waals surface area contributed by atoms with E-state index in [2.05, 4.69) is 21.1 Å². The number of nitrogens with two attached hydrogens (primary N) is 1. The Kier molecular flexibility index (Phi) is 4.65. The van der Waals surface area contributed by atoms with Crippen LogP contribution in [0.25, 0.3) is 0 Å². The number of piperidine rings is 1. The minimum Gasteiger partial charge on any atom is -0.409 e. The van der Waals surface area contributed by atoms with Crippen LogP contribution in [0.4, 0.5) is 0 Å². The van der Waals surface area contributed by atoms with Gasteiger partial charge in [0.15, 0.2) is 0 Å². The molecule has 0 saturated carbocycles. The van der Waals surface area contributed by atoms with E-state index in [-0.39, 0.29) is 17.7 Å². The van der Waals surface area contributed by atoms with Crippen LogP contribution in [-0.4, -0.2) is 34.9 Å². The Hall–Kier alpha value is -1.56. The normalized spacial score (nSPS) is 17.3. The van der Waals surface area contributed by atoms with E-state index in [1.807, 2.05) is 30.0 Å². The van der Waals surface area contributed by atoms with Crippen LogP contribution in [0, 0.1) is 12.8 Å². The molecule has 0 aromatic heterocycles. The van der Waals surface area contributed by atoms with Gasteiger partial charge >= 0.3 is 0 Å². The van der Waals surface area contributed by atoms with Crippen molar-refractivity contribution in [1.29, 1.82) is 0 Å². The molecule has 1 aliphatic rings. The predicted molar refractivity (Wildman–Crippen MR) is 80.9 cm³/mol. The molecule has 1 fully saturated rings. The van der Waals surface area contributed by atoms with Crippen LogP contribution < -0.4 is 5.73 Å². The molecule has 6 heteroatoms. The quantitative estimate of drug-likeness (QED) is 0.375. The summed E-state index contributed by atoms with van der Waals surface area (Å²) in [5.74, 6) is 0.366. The topological polar surface area (TPSA) is 78.9 Å². The third-order valence-corrected chi connectivity index (χ3v) is 4.67. The maximum Gasteiger partial charge on any atom is 0.254 e. The van der Waals surface area contributed by atoms with Gasteiger partial charge in [-0.25, -0.2) is 0 Å². The summed E-state index contributed by atoms with van der Waals surface area (Å²) >= 11 is 3.45. The lowest BCUT2D eigenvalue weighted by atomic mass is 9.95. The summed E-state index contributed by atoms with van der Waals surface area (Å²) in [6.07, 6.45) is 1.46. The molecule has 1 saturated heterocycles. The van der Waals surface area contributed by atoms with Crippen LogP contribution in [0.2, 0.25) is 0 Å². The van der Waals surface area contributed by atoms with Gasteiger partial charge < -0.3 is 15.8 Å². The lowest BCUT2D eigenvalue weighted by molar-refractivity contribution is 0.0708. The molecular formula is C14H18BrN3O2. The van der Waals surface area contributed by atoms with Gasteiger partial charge in [0.05, 0.1) is 0 Å². The van der Waals surface area contributed by atoms with Crippen molar-refractivity contribution in [3.63, 3.8) is 0 Å². The number of likely N-dealkylation sites (tertiary alicyclic amines) is 1. The summed E-state index contributed by atoms with van der Waals surface area (Å²) in [5.41, 5.74) is 7.29. The smallest absolute Gasteiger partial charge is 0.254 e. The molecule has 1 aliphatic heterocycles. The highest BCUT2D eigenvalue weighted by Gasteiger charge is 2.26. The first kappa shape index (κ1) is 14.8. The zero-order valence-electron chi connectivity index (χ0n) is 11.3. The Bertz CT molecular complexity index is 537. The molecule has 108 valence electrons. The van der Waals surface area contributed by atoms with E-state index in [9.17, 15) is 4.79 Å². The average Bonchev–Trinajstić information content (AvgIpc) is 2.48. The van der Waals surface area contributed by atoms with Crippen LogP contribution in [-0.2, 0) is 0 Å². The summed E-state index contributed by atoms with van der Waals surface area (Å²) in [4.78, 5) is 14.3. The number of benzene rings is 1. The van der Waals surface area contributed by atoms with E-state index in [1.54, 1.807) is 0 Å². The molecule has 1 aromatic rings. The number of carbonyl (C=O) groups excluding carboxylic acids is 1. The van der Waals surface area contributed by atoms with Crippen molar-refractivity contribution in [3.8, 4) is 0 Å². The number of rotatable bonds is 2. The maximum absolute atomic E-state index is 12.5. The maximum atomic E-state index is 12.5. The minimum atomic E-state index is 0.0433. The van der Waals surface area contributed by atoms with E-state index in [0.717, 1.165) is 28.4 Å². The van der Waals surface area contributed by atoms with Crippen LogP contribution in [0.1, 0.15) is 28.8 Å². The van der Waals surface area contributed by atoms with Gasteiger partial charge in [0.2, 0.25) is 0 Å². The molecule has 0 bridgehead atoms. The second-order valence-electron chi connectivity index (χ2n) is 5.00. The van der Waals surface area contributed by atoms with E-state index in [1.165, 1.54) is 0 Å². The fourth-order valence-electron chi connectivity index (χ4n) is 2.47. The summed E-state index contributed by atoms with van der Waals surface area (Å²) in [7, 11) is 0. The Balaban J connectivity index is 2.07. The average molecular weight is 340 g/mol. The van der Waals surface area contributed by atoms with Crippen LogP contribution in [0.3, 0.4) is 0 Å². The molecule has 1 aromatic carbocycles. The van der Waals surface area contributed by atoms with Crippen molar-refractivity contribution in [2.75, 3.05) is 13.1 Å². The van der Waals surface area contributed by atoms with E-state index < -0.39 is 0 Å². The highest BCUT2D eigenvalue weighted by atomic mass is 79.9. The molecular weight excluding hydrogens is 322 g/mol. The van der Waals surface area contributed by atoms with E-state index >= 15 is 0 Å². The molecule has 3 N–H and O–H groups in total. The van der Waals surface area contributed by atoms with Gasteiger partial charge in [0.1, 0.15) is 5.84 Å². The van der Waals surface area contributed by atoms with Crippen molar-refractivity contribution in [2.45, 2.75) is 19.8 Å². The molecule has 0 spiro atoms. The molecule has 2 rings (SSSR count). The van der Waals surface area contributed by atoms with E-state index in [0.29, 0.717) is 13.1 Å². The summed E-state index contributed by atoms with van der Waals surface area (Å²) < 4.78 is 0.940. The molecule has 20 heavy (non-hydrogen) atoms. The lowest BCUT2D eigenvalue weighted by Gasteiger charge is -2.31. The number of nitrogens with zero attached hydrogens (tertiary/aromatic N) is 2. The van der Waals surface area contributed by atoms with Crippen molar-refractivity contribution in [3.05, 3.63) is 33.8 Å². The van der Waals surface area contributed by atoms with E-state index in [4.69, 9.17) is 10.9 Å². The number of hydrogen-bond donors (Lipinski definition) is 2. The van der Waals surface area contributed by atoms with Crippen molar-refractivity contribution in [1.82, 2.24) is 4.90 Å². The Morgan fingerprint density at radius 1 is 1.45 bits per heavy atom. The summed E-state index contributed by atoms with van der Waals surface area (Å²) in [5, 5.41) is 11.7. The first-order chi connectivity index (χ1) is 9.54. The zero-order chi connectivity index (χ0) is 14.7. The number of amidine groups is 1. The number of halogens is 1. The molecule has 0 atom stereocenters. The number of hydrogen-bond acceptors (Lipinski definition) is 3. The van der Waals surface area contributed by atoms with Gasteiger partial charge in [0.25, 0.3) is 5.91 Å². The SMILES string of the molecule is Cc1c(Br)cccc1C(=O)N1CCC(C(N)=NO)CC1. The number of oxime groups is 1. The fourth-order valence-corrected chi connectivity index (χ4v) is 2.84. The number of carbonyl (C=O) groups is 1. The predicted octanol–water partition coefficient (Wildman–Crippen LogP) is 2.36. The number of amides is 1. The minimum absolute atomic E-state index is 0.0433. The molecule has 1 heterocycles. The van der Waals surface area contributed by atoms with Crippen LogP contribution in [0.5, 0.6) is 0 Å². The standard InChI is InChI=1S/C14H18BrN3O2/c1-9-11(3-2-4-12(9)15)14(19)18-7-5-10(6-8-18)13(16)17-20/h2-4,10,20H,5-8H2,1H3,(H2,16,17). The van der Waals surface area contributed by atoms with Gasteiger partial charge in [-0.1, -0.05) is 27.2 Å². The van der Waals surface area contributed by atoms with Gasteiger partial charge in [-0.15, -0.1) is 0 Å². The van der Waals surface area contributed by atoms with Crippen LogP contribution in [0.15, 0.2) is 27.8 Å². The fraction of sp³-hybridized carbons (Fsp3) is 0.429. The molecule has 0 unspecified atom stereocenters. The molecule has 0 radical (unpaired) electrons. The van der Waals surface area contributed by atoms with Gasteiger partial charge in [0, 0.05) is 29.0 Å². The molecule has 1 amide bonds. The van der Waals surface area contributed by atoms with Gasteiger partial charge in [-0.05, 0) is 37.5 Å². The Morgan fingerprint density at radius 3 is 2.70 bits per heavy atom. The summed E-state index contributed by atoms with van der Waals surface area (Å²) in [6, 6.07) is 5.64. The molecule has 0 aliphatic carbocycles. The lowest BCUT2D eigenvalue weighted by Crippen LogP contribution is -2.42. The van der Waals surface area contributed by atoms with Crippen molar-refractivity contribution >= 4 is 27.7 Å². The Morgan fingerprint density at radius 2 is 2.10 bits per heavy atom. The largest absolute Gasteiger partial charge is 0.409 e. The first-order valence-corrected chi connectivity index (χ1v) is 7.35. The highest BCUT2D eigenvalue weighted by molar-refractivity contribution is 9.10. The molecule has 5 nitrogen and oxygen atoms in total. The second-order valence-corrected chi connectivity index (χ2v) is 5.86. The Labute approximate surface area is 126 Å². The first-order valence-electron chi connectivity index (χ1n) is 6.56. The third kappa shape index (κ3) is 2.95. The zero-order valence-corrected chi connectivity index (χ0v) is 12.9. The summed E-state index contributed by atoms with van der Waals surface area (Å²) in [6.45, 7) is 3.19.